The first-order valence-corrected chi connectivity index (χ1v) is 7.61. The second-order valence-electron chi connectivity index (χ2n) is 3.18. The van der Waals surface area contributed by atoms with Crippen LogP contribution in [0.25, 0.3) is 0 Å². The van der Waals surface area contributed by atoms with Crippen LogP contribution in [0.1, 0.15) is 4.88 Å². The lowest BCUT2D eigenvalue weighted by Gasteiger charge is -2.08. The van der Waals surface area contributed by atoms with Crippen LogP contribution in [0.15, 0.2) is 22.8 Å². The Morgan fingerprint density at radius 3 is 2.94 bits per heavy atom. The summed E-state index contributed by atoms with van der Waals surface area (Å²) in [5.41, 5.74) is 0.715. The Kier molecular flexibility index (Phi) is 4.62. The van der Waals surface area contributed by atoms with E-state index in [9.17, 15) is 4.39 Å². The second kappa shape index (κ2) is 5.81. The molecule has 0 radical (unpaired) electrons. The molecule has 0 bridgehead atoms. The van der Waals surface area contributed by atoms with Crippen LogP contribution in [-0.4, -0.2) is 4.98 Å². The van der Waals surface area contributed by atoms with Gasteiger partial charge in [0, 0.05) is 15.5 Å². The summed E-state index contributed by atoms with van der Waals surface area (Å²) in [6.07, 6.45) is 1.71. The first-order valence-electron chi connectivity index (χ1n) is 4.55. The lowest BCUT2D eigenvalue weighted by molar-refractivity contribution is 0.620. The van der Waals surface area contributed by atoms with Crippen LogP contribution in [0.4, 0.5) is 10.1 Å². The Hall–Kier alpha value is 0.0800. The summed E-state index contributed by atoms with van der Waals surface area (Å²) >= 11 is 12.5. The minimum Gasteiger partial charge on any atom is -0.379 e. The molecule has 0 spiro atoms. The number of rotatable bonds is 3. The maximum Gasteiger partial charge on any atom is 0.183 e. The average molecular weight is 447 g/mol. The van der Waals surface area contributed by atoms with Gasteiger partial charge in [-0.3, -0.25) is 0 Å². The third kappa shape index (κ3) is 3.52. The summed E-state index contributed by atoms with van der Waals surface area (Å²) in [4.78, 5) is 4.94. The summed E-state index contributed by atoms with van der Waals surface area (Å²) in [6.45, 7) is 0.572. The minimum absolute atomic E-state index is 0.237. The molecule has 0 aliphatic carbocycles. The van der Waals surface area contributed by atoms with Gasteiger partial charge in [0.2, 0.25) is 0 Å². The highest BCUT2D eigenvalue weighted by atomic mass is 127. The first-order chi connectivity index (χ1) is 8.06. The number of benzene rings is 1. The highest BCUT2D eigenvalue weighted by molar-refractivity contribution is 14.1. The fraction of sp³-hybridized carbons (Fsp3) is 0.100. The molecule has 0 atom stereocenters. The molecule has 1 heterocycles. The van der Waals surface area contributed by atoms with E-state index in [0.29, 0.717) is 20.3 Å². The van der Waals surface area contributed by atoms with E-state index in [4.69, 9.17) is 11.6 Å². The molecule has 0 amide bonds. The smallest absolute Gasteiger partial charge is 0.183 e. The molecule has 1 aromatic heterocycles. The number of halogens is 4. The molecule has 0 fully saturated rings. The number of hydrogen-bond acceptors (Lipinski definition) is 3. The molecule has 17 heavy (non-hydrogen) atoms. The van der Waals surface area contributed by atoms with E-state index in [-0.39, 0.29) is 5.82 Å². The molecule has 1 aromatic carbocycles. The van der Waals surface area contributed by atoms with Crippen molar-refractivity contribution < 1.29 is 4.39 Å². The molecule has 0 unspecified atom stereocenters. The zero-order valence-corrected chi connectivity index (χ0v) is 13.6. The second-order valence-corrected chi connectivity index (χ2v) is 6.89. The zero-order chi connectivity index (χ0) is 12.4. The number of hydrogen-bond donors (Lipinski definition) is 1. The highest BCUT2D eigenvalue weighted by Gasteiger charge is 2.07. The Balaban J connectivity index is 2.11. The summed E-state index contributed by atoms with van der Waals surface area (Å²) in [5, 5.41) is 3.13. The quantitative estimate of drug-likeness (QED) is 0.534. The van der Waals surface area contributed by atoms with Gasteiger partial charge in [0.25, 0.3) is 0 Å². The van der Waals surface area contributed by atoms with Gasteiger partial charge in [-0.25, -0.2) is 9.37 Å². The topological polar surface area (TPSA) is 24.9 Å². The fourth-order valence-electron chi connectivity index (χ4n) is 1.21. The first kappa shape index (κ1) is 13.5. The zero-order valence-electron chi connectivity index (χ0n) is 8.31. The van der Waals surface area contributed by atoms with Crippen molar-refractivity contribution in [2.45, 2.75) is 6.54 Å². The minimum atomic E-state index is -0.237. The third-order valence-corrected chi connectivity index (χ3v) is 4.59. The molecule has 2 aromatic rings. The van der Waals surface area contributed by atoms with Gasteiger partial charge in [0.15, 0.2) is 4.47 Å². The molecular weight excluding hydrogens is 441 g/mol. The molecule has 0 aliphatic heterocycles. The number of nitrogens with zero attached hydrogens (tertiary/aromatic N) is 1. The molecule has 1 N–H and O–H groups in total. The highest BCUT2D eigenvalue weighted by Crippen LogP contribution is 2.28. The van der Waals surface area contributed by atoms with E-state index < -0.39 is 0 Å². The number of anilines is 1. The molecule has 0 aliphatic rings. The lowest BCUT2D eigenvalue weighted by atomic mass is 10.3. The maximum absolute atomic E-state index is 13.4. The summed E-state index contributed by atoms with van der Waals surface area (Å²) in [7, 11) is 0. The SMILES string of the molecule is Fc1cc(NCc2cnc(Cl)s2)c(Br)cc1I. The van der Waals surface area contributed by atoms with Gasteiger partial charge < -0.3 is 5.32 Å². The molecule has 7 heteroatoms. The molecule has 0 saturated heterocycles. The van der Waals surface area contributed by atoms with Gasteiger partial charge in [-0.15, -0.1) is 11.3 Å². The van der Waals surface area contributed by atoms with Gasteiger partial charge in [-0.1, -0.05) is 11.6 Å². The third-order valence-electron chi connectivity index (χ3n) is 1.99. The van der Waals surface area contributed by atoms with Gasteiger partial charge in [-0.05, 0) is 50.7 Å². The summed E-state index contributed by atoms with van der Waals surface area (Å²) in [5.74, 6) is -0.237. The van der Waals surface area contributed by atoms with Gasteiger partial charge in [0.1, 0.15) is 5.82 Å². The predicted molar refractivity (Wildman–Crippen MR) is 81.3 cm³/mol. The molecule has 90 valence electrons. The Bertz CT molecular complexity index is 549. The number of thiazole rings is 1. The normalized spacial score (nSPS) is 10.6. The van der Waals surface area contributed by atoms with Crippen molar-refractivity contribution in [3.8, 4) is 0 Å². The lowest BCUT2D eigenvalue weighted by Crippen LogP contribution is -1.99. The van der Waals surface area contributed by atoms with Crippen LogP contribution in [-0.2, 0) is 6.54 Å². The molecular formula is C10H6BrClFIN2S. The fourth-order valence-corrected chi connectivity index (χ4v) is 3.50. The maximum atomic E-state index is 13.4. The van der Waals surface area contributed by atoms with E-state index >= 15 is 0 Å². The van der Waals surface area contributed by atoms with E-state index in [0.717, 1.165) is 9.35 Å². The van der Waals surface area contributed by atoms with Gasteiger partial charge >= 0.3 is 0 Å². The van der Waals surface area contributed by atoms with Crippen molar-refractivity contribution >= 4 is 67.1 Å². The van der Waals surface area contributed by atoms with E-state index in [1.165, 1.54) is 17.4 Å². The van der Waals surface area contributed by atoms with Gasteiger partial charge in [0.05, 0.1) is 15.8 Å². The molecule has 0 saturated carbocycles. The standard InChI is InChI=1S/C10H6BrClFIN2S/c11-6-1-8(14)7(13)2-9(6)15-3-5-4-16-10(12)17-5/h1-2,4,15H,3H2. The summed E-state index contributed by atoms with van der Waals surface area (Å²) in [6, 6.07) is 3.20. The molecule has 2 rings (SSSR count). The average Bonchev–Trinajstić information content (AvgIpc) is 2.68. The number of aromatic nitrogens is 1. The monoisotopic (exact) mass is 446 g/mol. The van der Waals surface area contributed by atoms with Crippen molar-refractivity contribution in [1.29, 1.82) is 0 Å². The van der Waals surface area contributed by atoms with E-state index in [2.05, 4.69) is 26.2 Å². The van der Waals surface area contributed by atoms with Crippen molar-refractivity contribution in [2.24, 2.45) is 0 Å². The van der Waals surface area contributed by atoms with Crippen LogP contribution in [0.5, 0.6) is 0 Å². The van der Waals surface area contributed by atoms with E-state index in [1.54, 1.807) is 12.3 Å². The van der Waals surface area contributed by atoms with E-state index in [1.807, 2.05) is 22.6 Å². The Morgan fingerprint density at radius 2 is 2.29 bits per heavy atom. The number of nitrogens with one attached hydrogen (secondary N) is 1. The van der Waals surface area contributed by atoms with Crippen LogP contribution in [0.2, 0.25) is 4.47 Å². The largest absolute Gasteiger partial charge is 0.379 e. The van der Waals surface area contributed by atoms with Crippen LogP contribution in [0, 0.1) is 9.39 Å². The van der Waals surface area contributed by atoms with Crippen molar-refractivity contribution in [1.82, 2.24) is 4.98 Å². The molecule has 2 nitrogen and oxygen atoms in total. The van der Waals surface area contributed by atoms with Crippen LogP contribution in [0.3, 0.4) is 0 Å². The Morgan fingerprint density at radius 1 is 1.53 bits per heavy atom. The van der Waals surface area contributed by atoms with Crippen molar-refractivity contribution in [2.75, 3.05) is 5.32 Å². The van der Waals surface area contributed by atoms with Gasteiger partial charge in [-0.2, -0.15) is 0 Å². The predicted octanol–water partition coefficient (Wildman–Crippen LogP) is 4.91. The van der Waals surface area contributed by atoms with Crippen molar-refractivity contribution in [3.05, 3.63) is 41.5 Å². The Labute approximate surface area is 129 Å². The summed E-state index contributed by atoms with van der Waals surface area (Å²) < 4.78 is 15.3. The van der Waals surface area contributed by atoms with Crippen molar-refractivity contribution in [3.63, 3.8) is 0 Å². The van der Waals surface area contributed by atoms with Crippen LogP contribution < -0.4 is 5.32 Å². The van der Waals surface area contributed by atoms with Crippen LogP contribution >= 0.6 is 61.5 Å².